The van der Waals surface area contributed by atoms with Crippen molar-refractivity contribution in [2.45, 2.75) is 19.8 Å². The zero-order valence-corrected chi connectivity index (χ0v) is 11.7. The second-order valence-corrected chi connectivity index (χ2v) is 5.14. The molecule has 2 heteroatoms. The molecule has 1 heterocycles. The van der Waals surface area contributed by atoms with Crippen LogP contribution in [0.4, 0.5) is 0 Å². The van der Waals surface area contributed by atoms with Gasteiger partial charge in [0.1, 0.15) is 0 Å². The smallest absolute Gasteiger partial charge is 0.0406 e. The van der Waals surface area contributed by atoms with Crippen LogP contribution < -0.4 is 0 Å². The topological polar surface area (TPSA) is 3.24 Å². The summed E-state index contributed by atoms with van der Waals surface area (Å²) in [5.41, 5.74) is 2.82. The number of hydrogen-bond acceptors (Lipinski definition) is 1. The summed E-state index contributed by atoms with van der Waals surface area (Å²) < 4.78 is 0. The monoisotopic (exact) mass is 261 g/mol. The molecule has 96 valence electrons. The van der Waals surface area contributed by atoms with Crippen molar-refractivity contribution in [3.63, 3.8) is 0 Å². The van der Waals surface area contributed by atoms with Gasteiger partial charge in [-0.1, -0.05) is 47.5 Å². The van der Waals surface area contributed by atoms with Gasteiger partial charge in [-0.3, -0.25) is 4.90 Å². The minimum Gasteiger partial charge on any atom is -0.299 e. The standard InChI is InChI=1S/C16H20ClN/c1-2-14-9-12-18(13-10-14)11-3-4-15-5-7-16(17)8-6-15/h2-8H,9-13H2,1H3/b4-3+. The molecule has 1 fully saturated rings. The Labute approximate surface area is 115 Å². The van der Waals surface area contributed by atoms with Gasteiger partial charge in [0, 0.05) is 24.7 Å². The SMILES string of the molecule is CC=C1CCN(C/C=C/c2ccc(Cl)cc2)CC1. The van der Waals surface area contributed by atoms with Crippen molar-refractivity contribution in [1.82, 2.24) is 4.90 Å². The third kappa shape index (κ3) is 4.01. The molecule has 0 spiro atoms. The van der Waals surface area contributed by atoms with Gasteiger partial charge in [-0.15, -0.1) is 0 Å². The summed E-state index contributed by atoms with van der Waals surface area (Å²) in [6, 6.07) is 7.96. The minimum atomic E-state index is 0.794. The van der Waals surface area contributed by atoms with Crippen molar-refractivity contribution < 1.29 is 0 Å². The normalized spacial score (nSPS) is 17.3. The average molecular weight is 262 g/mol. The molecule has 18 heavy (non-hydrogen) atoms. The van der Waals surface area contributed by atoms with Crippen molar-refractivity contribution >= 4 is 17.7 Å². The van der Waals surface area contributed by atoms with Gasteiger partial charge in [-0.25, -0.2) is 0 Å². The number of hydrogen-bond donors (Lipinski definition) is 0. The van der Waals surface area contributed by atoms with Crippen LogP contribution in [0.3, 0.4) is 0 Å². The highest BCUT2D eigenvalue weighted by molar-refractivity contribution is 6.30. The minimum absolute atomic E-state index is 0.794. The molecule has 0 amide bonds. The summed E-state index contributed by atoms with van der Waals surface area (Å²) in [4.78, 5) is 2.50. The third-order valence-corrected chi connectivity index (χ3v) is 3.70. The molecule has 0 aliphatic carbocycles. The predicted octanol–water partition coefficient (Wildman–Crippen LogP) is 4.40. The lowest BCUT2D eigenvalue weighted by atomic mass is 10.0. The van der Waals surface area contributed by atoms with Gasteiger partial charge in [0.05, 0.1) is 0 Å². The van der Waals surface area contributed by atoms with Crippen LogP contribution in [-0.4, -0.2) is 24.5 Å². The maximum atomic E-state index is 5.86. The number of piperidine rings is 1. The van der Waals surface area contributed by atoms with Crippen molar-refractivity contribution in [2.75, 3.05) is 19.6 Å². The highest BCUT2D eigenvalue weighted by Gasteiger charge is 2.11. The average Bonchev–Trinajstić information content (AvgIpc) is 2.42. The van der Waals surface area contributed by atoms with Gasteiger partial charge < -0.3 is 0 Å². The number of halogens is 1. The van der Waals surface area contributed by atoms with Crippen LogP contribution in [-0.2, 0) is 0 Å². The fourth-order valence-electron chi connectivity index (χ4n) is 2.22. The third-order valence-electron chi connectivity index (χ3n) is 3.45. The van der Waals surface area contributed by atoms with Gasteiger partial charge >= 0.3 is 0 Å². The fourth-order valence-corrected chi connectivity index (χ4v) is 2.35. The first-order valence-corrected chi connectivity index (χ1v) is 6.94. The van der Waals surface area contributed by atoms with E-state index in [4.69, 9.17) is 11.6 Å². The second-order valence-electron chi connectivity index (χ2n) is 4.70. The van der Waals surface area contributed by atoms with E-state index in [-0.39, 0.29) is 0 Å². The van der Waals surface area contributed by atoms with Crippen LogP contribution >= 0.6 is 11.6 Å². The summed E-state index contributed by atoms with van der Waals surface area (Å²) in [6.45, 7) is 5.56. The number of benzene rings is 1. The van der Waals surface area contributed by atoms with E-state index in [1.165, 1.54) is 31.5 Å². The number of allylic oxidation sites excluding steroid dienone is 1. The first kappa shape index (κ1) is 13.4. The lowest BCUT2D eigenvalue weighted by Gasteiger charge is -2.27. The van der Waals surface area contributed by atoms with Crippen LogP contribution in [0.1, 0.15) is 25.3 Å². The van der Waals surface area contributed by atoms with Crippen molar-refractivity contribution in [3.8, 4) is 0 Å². The Hall–Kier alpha value is -1.05. The Morgan fingerprint density at radius 1 is 1.17 bits per heavy atom. The zero-order chi connectivity index (χ0) is 12.8. The molecule has 0 radical (unpaired) electrons. The number of likely N-dealkylation sites (tertiary alicyclic amines) is 1. The van der Waals surface area contributed by atoms with Crippen LogP contribution in [0, 0.1) is 0 Å². The van der Waals surface area contributed by atoms with E-state index >= 15 is 0 Å². The van der Waals surface area contributed by atoms with E-state index in [0.717, 1.165) is 11.6 Å². The lowest BCUT2D eigenvalue weighted by Crippen LogP contribution is -2.30. The van der Waals surface area contributed by atoms with E-state index in [2.05, 4.69) is 30.1 Å². The molecule has 2 rings (SSSR count). The molecule has 0 bridgehead atoms. The van der Waals surface area contributed by atoms with E-state index in [1.807, 2.05) is 24.3 Å². The Kier molecular flexibility index (Phi) is 5.03. The Morgan fingerprint density at radius 2 is 1.83 bits per heavy atom. The van der Waals surface area contributed by atoms with Crippen LogP contribution in [0.15, 0.2) is 42.0 Å². The van der Waals surface area contributed by atoms with Gasteiger partial charge in [0.15, 0.2) is 0 Å². The summed E-state index contributed by atoms with van der Waals surface area (Å²) in [5, 5.41) is 0.794. The molecule has 0 atom stereocenters. The quantitative estimate of drug-likeness (QED) is 0.729. The maximum Gasteiger partial charge on any atom is 0.0406 e. The summed E-state index contributed by atoms with van der Waals surface area (Å²) in [6.07, 6.45) is 9.13. The van der Waals surface area contributed by atoms with E-state index in [1.54, 1.807) is 5.57 Å². The largest absolute Gasteiger partial charge is 0.299 e. The first-order chi connectivity index (χ1) is 8.78. The Bertz CT molecular complexity index is 421. The van der Waals surface area contributed by atoms with Gasteiger partial charge in [0.25, 0.3) is 0 Å². The molecule has 1 aliphatic rings. The van der Waals surface area contributed by atoms with Crippen LogP contribution in [0.5, 0.6) is 0 Å². The summed E-state index contributed by atoms with van der Waals surface area (Å²) in [7, 11) is 0. The van der Waals surface area contributed by atoms with Crippen LogP contribution in [0.25, 0.3) is 6.08 Å². The number of rotatable bonds is 3. The molecule has 1 aromatic rings. The lowest BCUT2D eigenvalue weighted by molar-refractivity contribution is 0.283. The van der Waals surface area contributed by atoms with E-state index in [0.29, 0.717) is 0 Å². The predicted molar refractivity (Wildman–Crippen MR) is 79.9 cm³/mol. The van der Waals surface area contributed by atoms with E-state index in [9.17, 15) is 0 Å². The maximum absolute atomic E-state index is 5.86. The second kappa shape index (κ2) is 6.77. The highest BCUT2D eigenvalue weighted by Crippen LogP contribution is 2.16. The number of nitrogens with zero attached hydrogens (tertiary/aromatic N) is 1. The molecule has 0 unspecified atom stereocenters. The molecule has 0 aromatic heterocycles. The molecule has 1 saturated heterocycles. The summed E-state index contributed by atoms with van der Waals surface area (Å²) >= 11 is 5.86. The highest BCUT2D eigenvalue weighted by atomic mass is 35.5. The molecule has 0 N–H and O–H groups in total. The first-order valence-electron chi connectivity index (χ1n) is 6.56. The van der Waals surface area contributed by atoms with Gasteiger partial charge in [0.2, 0.25) is 0 Å². The van der Waals surface area contributed by atoms with Gasteiger partial charge in [-0.05, 0) is 37.5 Å². The van der Waals surface area contributed by atoms with Gasteiger partial charge in [-0.2, -0.15) is 0 Å². The van der Waals surface area contributed by atoms with Crippen molar-refractivity contribution in [1.29, 1.82) is 0 Å². The Balaban J connectivity index is 1.80. The zero-order valence-electron chi connectivity index (χ0n) is 10.9. The fraction of sp³-hybridized carbons (Fsp3) is 0.375. The van der Waals surface area contributed by atoms with E-state index < -0.39 is 0 Å². The van der Waals surface area contributed by atoms with Crippen molar-refractivity contribution in [3.05, 3.63) is 52.6 Å². The summed E-state index contributed by atoms with van der Waals surface area (Å²) in [5.74, 6) is 0. The molecule has 0 saturated carbocycles. The van der Waals surface area contributed by atoms with Crippen LogP contribution in [0.2, 0.25) is 5.02 Å². The molecule has 1 nitrogen and oxygen atoms in total. The molecule has 1 aliphatic heterocycles. The Morgan fingerprint density at radius 3 is 2.44 bits per heavy atom. The molecule has 1 aromatic carbocycles. The molecular formula is C16H20ClN. The van der Waals surface area contributed by atoms with Crippen molar-refractivity contribution in [2.24, 2.45) is 0 Å². The molecular weight excluding hydrogens is 242 g/mol.